The molecule has 0 fully saturated rings. The van der Waals surface area contributed by atoms with E-state index < -0.39 is 0 Å². The van der Waals surface area contributed by atoms with Crippen LogP contribution in [0.1, 0.15) is 5.56 Å². The summed E-state index contributed by atoms with van der Waals surface area (Å²) < 4.78 is 7.78. The maximum atomic E-state index is 9.60. The summed E-state index contributed by atoms with van der Waals surface area (Å²) in [6.07, 6.45) is 0. The summed E-state index contributed by atoms with van der Waals surface area (Å²) in [6, 6.07) is 14.9. The predicted octanol–water partition coefficient (Wildman–Crippen LogP) is 3.90. The second-order valence-corrected chi connectivity index (χ2v) is 6.84. The second-order valence-electron chi connectivity index (χ2n) is 5.42. The molecule has 0 spiro atoms. The number of hydrogen-bond donors (Lipinski definition) is 1. The molecule has 0 unspecified atom stereocenters. The zero-order chi connectivity index (χ0) is 18.3. The summed E-state index contributed by atoms with van der Waals surface area (Å²) in [4.78, 5) is 9.65. The Morgan fingerprint density at radius 3 is 2.73 bits per heavy atom. The van der Waals surface area contributed by atoms with Crippen LogP contribution in [0, 0.1) is 11.3 Å². The van der Waals surface area contributed by atoms with Crippen LogP contribution in [0.15, 0.2) is 47.5 Å². The van der Waals surface area contributed by atoms with Gasteiger partial charge in [0.1, 0.15) is 23.2 Å². The Hall–Kier alpha value is -3.08. The number of benzene rings is 2. The van der Waals surface area contributed by atoms with Crippen LogP contribution in [0.4, 0.5) is 11.5 Å². The number of nitrogens with zero attached hydrogens (tertiary/aromatic N) is 4. The monoisotopic (exact) mass is 381 g/mol. The van der Waals surface area contributed by atoms with E-state index in [-0.39, 0.29) is 16.9 Å². The first-order chi connectivity index (χ1) is 12.6. The van der Waals surface area contributed by atoms with Gasteiger partial charge in [-0.05, 0) is 36.4 Å². The van der Waals surface area contributed by atoms with Gasteiger partial charge in [0, 0.05) is 0 Å². The van der Waals surface area contributed by atoms with Gasteiger partial charge in [0.15, 0.2) is 10.4 Å². The van der Waals surface area contributed by atoms with Gasteiger partial charge in [0.2, 0.25) is 0 Å². The molecule has 0 radical (unpaired) electrons. The lowest BCUT2D eigenvalue weighted by Gasteiger charge is -2.05. The fraction of sp³-hybridized carbons (Fsp3) is 0.0556. The molecule has 0 saturated carbocycles. The Morgan fingerprint density at radius 2 is 2.04 bits per heavy atom. The number of aromatic nitrogens is 2. The van der Waals surface area contributed by atoms with Gasteiger partial charge in [-0.1, -0.05) is 29.0 Å². The van der Waals surface area contributed by atoms with Crippen molar-refractivity contribution in [1.29, 1.82) is 5.26 Å². The van der Waals surface area contributed by atoms with Crippen LogP contribution in [0.2, 0.25) is 5.02 Å². The van der Waals surface area contributed by atoms with Crippen molar-refractivity contribution < 1.29 is 4.74 Å². The van der Waals surface area contributed by atoms with Gasteiger partial charge < -0.3 is 10.5 Å². The highest BCUT2D eigenvalue weighted by Crippen LogP contribution is 2.32. The van der Waals surface area contributed by atoms with E-state index in [1.165, 1.54) is 11.3 Å². The Balaban J connectivity index is 2.04. The lowest BCUT2D eigenvalue weighted by atomic mass is 10.3. The molecular weight excluding hydrogens is 370 g/mol. The highest BCUT2D eigenvalue weighted by atomic mass is 35.5. The highest BCUT2D eigenvalue weighted by Gasteiger charge is 2.15. The van der Waals surface area contributed by atoms with Crippen LogP contribution in [0.3, 0.4) is 0 Å². The third kappa shape index (κ3) is 2.56. The molecule has 128 valence electrons. The Kier molecular flexibility index (Phi) is 3.99. The molecule has 2 aromatic carbocycles. The summed E-state index contributed by atoms with van der Waals surface area (Å²) >= 11 is 7.77. The largest absolute Gasteiger partial charge is 0.497 e. The molecule has 0 aliphatic heterocycles. The van der Waals surface area contributed by atoms with Crippen LogP contribution in [-0.2, 0) is 0 Å². The molecule has 0 aliphatic rings. The average molecular weight is 382 g/mol. The lowest BCUT2D eigenvalue weighted by molar-refractivity contribution is 0.415. The molecule has 0 atom stereocenters. The number of methoxy groups -OCH3 is 1. The number of nitriles is 1. The zero-order valence-corrected chi connectivity index (χ0v) is 15.2. The van der Waals surface area contributed by atoms with Crippen molar-refractivity contribution in [2.75, 3.05) is 12.8 Å². The van der Waals surface area contributed by atoms with E-state index in [0.717, 1.165) is 16.0 Å². The van der Waals surface area contributed by atoms with E-state index in [1.807, 2.05) is 12.1 Å². The molecule has 0 bridgehead atoms. The maximum absolute atomic E-state index is 9.60. The van der Waals surface area contributed by atoms with E-state index in [0.29, 0.717) is 15.7 Å². The minimum absolute atomic E-state index is 0.206. The minimum atomic E-state index is 0.206. The number of nitrogen functional groups attached to an aromatic ring is 1. The molecule has 0 aliphatic carbocycles. The summed E-state index contributed by atoms with van der Waals surface area (Å²) in [7, 11) is 1.60. The highest BCUT2D eigenvalue weighted by molar-refractivity contribution is 7.23. The molecule has 2 N–H and O–H groups in total. The molecule has 0 amide bonds. The molecular formula is C18H12ClN5OS. The van der Waals surface area contributed by atoms with Crippen molar-refractivity contribution in [3.8, 4) is 11.8 Å². The van der Waals surface area contributed by atoms with Crippen LogP contribution < -0.4 is 16.0 Å². The van der Waals surface area contributed by atoms with Gasteiger partial charge in [-0.3, -0.25) is 4.40 Å². The normalized spacial score (nSPS) is 11.8. The molecule has 26 heavy (non-hydrogen) atoms. The molecule has 4 aromatic rings. The van der Waals surface area contributed by atoms with Crippen molar-refractivity contribution in [2.45, 2.75) is 0 Å². The quantitative estimate of drug-likeness (QED) is 0.570. The number of halogens is 1. The molecule has 4 rings (SSSR count). The number of hydrogen-bond acceptors (Lipinski definition) is 6. The first-order valence-corrected chi connectivity index (χ1v) is 8.80. The zero-order valence-electron chi connectivity index (χ0n) is 13.6. The fourth-order valence-corrected chi connectivity index (χ4v) is 4.04. The summed E-state index contributed by atoms with van der Waals surface area (Å²) in [6.45, 7) is 0. The maximum Gasteiger partial charge on any atom is 0.198 e. The van der Waals surface area contributed by atoms with Gasteiger partial charge in [0.05, 0.1) is 28.0 Å². The van der Waals surface area contributed by atoms with Crippen molar-refractivity contribution >= 4 is 49.6 Å². The number of para-hydroxylation sites is 1. The van der Waals surface area contributed by atoms with E-state index in [1.54, 1.807) is 41.8 Å². The number of thiazole rings is 1. The molecule has 6 nitrogen and oxygen atoms in total. The predicted molar refractivity (Wildman–Crippen MR) is 103 cm³/mol. The van der Waals surface area contributed by atoms with Gasteiger partial charge >= 0.3 is 0 Å². The Morgan fingerprint density at radius 1 is 1.27 bits per heavy atom. The van der Waals surface area contributed by atoms with E-state index in [2.05, 4.69) is 16.0 Å². The summed E-state index contributed by atoms with van der Waals surface area (Å²) in [5, 5.41) is 10.2. The lowest BCUT2D eigenvalue weighted by Crippen LogP contribution is -2.18. The SMILES string of the molecule is COc1ccc(N=c2nc3sc4cccc(Cl)c4n3c(N)c2C#N)cc1. The number of fused-ring (bicyclic) bond motifs is 3. The van der Waals surface area contributed by atoms with Crippen molar-refractivity contribution in [1.82, 2.24) is 9.38 Å². The van der Waals surface area contributed by atoms with Crippen LogP contribution in [0.5, 0.6) is 5.75 Å². The van der Waals surface area contributed by atoms with E-state index >= 15 is 0 Å². The first-order valence-electron chi connectivity index (χ1n) is 7.60. The van der Waals surface area contributed by atoms with Crippen molar-refractivity contribution in [3.63, 3.8) is 0 Å². The van der Waals surface area contributed by atoms with Crippen LogP contribution in [-0.4, -0.2) is 16.5 Å². The number of anilines is 1. The molecule has 2 aromatic heterocycles. The third-order valence-electron chi connectivity index (χ3n) is 3.91. The van der Waals surface area contributed by atoms with Gasteiger partial charge in [-0.15, -0.1) is 0 Å². The van der Waals surface area contributed by atoms with Crippen LogP contribution >= 0.6 is 22.9 Å². The summed E-state index contributed by atoms with van der Waals surface area (Å²) in [5.41, 5.74) is 8.15. The van der Waals surface area contributed by atoms with E-state index in [9.17, 15) is 5.26 Å². The molecule has 8 heteroatoms. The van der Waals surface area contributed by atoms with Crippen molar-refractivity contribution in [3.05, 3.63) is 58.5 Å². The second kappa shape index (κ2) is 6.33. The molecule has 2 heterocycles. The van der Waals surface area contributed by atoms with Gasteiger partial charge in [-0.2, -0.15) is 10.2 Å². The van der Waals surface area contributed by atoms with Crippen molar-refractivity contribution in [2.24, 2.45) is 4.99 Å². The summed E-state index contributed by atoms with van der Waals surface area (Å²) in [5.74, 6) is 0.992. The number of nitrogens with two attached hydrogens (primary N) is 1. The smallest absolute Gasteiger partial charge is 0.198 e. The fourth-order valence-electron chi connectivity index (χ4n) is 2.67. The Labute approximate surface area is 157 Å². The van der Waals surface area contributed by atoms with Crippen LogP contribution in [0.25, 0.3) is 15.2 Å². The first kappa shape index (κ1) is 16.4. The number of ether oxygens (including phenoxy) is 1. The van der Waals surface area contributed by atoms with E-state index in [4.69, 9.17) is 22.1 Å². The van der Waals surface area contributed by atoms with Gasteiger partial charge in [0.25, 0.3) is 0 Å². The standard InChI is InChI=1S/C18H12ClN5OS/c1-25-11-7-5-10(6-8-11)22-17-12(9-20)16(21)24-15-13(19)3-2-4-14(15)26-18(24)23-17/h2-8H,21H2,1H3. The average Bonchev–Trinajstić information content (AvgIpc) is 3.02. The third-order valence-corrected chi connectivity index (χ3v) is 5.22. The number of rotatable bonds is 2. The molecule has 0 saturated heterocycles. The van der Waals surface area contributed by atoms with Gasteiger partial charge in [-0.25, -0.2) is 4.99 Å². The Bertz CT molecular complexity index is 1250. The topological polar surface area (TPSA) is 88.7 Å². The minimum Gasteiger partial charge on any atom is -0.497 e.